The summed E-state index contributed by atoms with van der Waals surface area (Å²) in [6.45, 7) is 3.88. The molecule has 108 valence electrons. The van der Waals surface area contributed by atoms with E-state index < -0.39 is 26.6 Å². The molecule has 0 radical (unpaired) electrons. The van der Waals surface area contributed by atoms with Crippen LogP contribution in [-0.2, 0) is 15.9 Å². The van der Waals surface area contributed by atoms with Crippen LogP contribution >= 0.6 is 11.6 Å². The zero-order chi connectivity index (χ0) is 14.8. The zero-order valence-corrected chi connectivity index (χ0v) is 12.5. The molecule has 1 aromatic rings. The molecule has 19 heavy (non-hydrogen) atoms. The van der Waals surface area contributed by atoms with Gasteiger partial charge in [0.25, 0.3) is 0 Å². The summed E-state index contributed by atoms with van der Waals surface area (Å²) in [4.78, 5) is -0.675. The lowest BCUT2D eigenvalue weighted by Gasteiger charge is -2.20. The molecule has 1 rings (SSSR count). The quantitative estimate of drug-likeness (QED) is 0.784. The summed E-state index contributed by atoms with van der Waals surface area (Å²) < 4.78 is 52.4. The molecular formula is C12H16ClF2NO2S. The van der Waals surface area contributed by atoms with E-state index in [2.05, 4.69) is 0 Å². The SMILES string of the molecule is CC(C)CN(C)S(=O)(=O)c1cc(CCl)cc(F)c1F. The van der Waals surface area contributed by atoms with Gasteiger partial charge in [-0.3, -0.25) is 0 Å². The molecule has 0 atom stereocenters. The summed E-state index contributed by atoms with van der Waals surface area (Å²) in [5, 5.41) is 0. The fourth-order valence-corrected chi connectivity index (χ4v) is 3.27. The van der Waals surface area contributed by atoms with Crippen LogP contribution in [0.4, 0.5) is 8.78 Å². The minimum Gasteiger partial charge on any atom is -0.207 e. The van der Waals surface area contributed by atoms with Gasteiger partial charge in [0, 0.05) is 19.5 Å². The van der Waals surface area contributed by atoms with Crippen LogP contribution in [0.3, 0.4) is 0 Å². The van der Waals surface area contributed by atoms with Gasteiger partial charge in [0.2, 0.25) is 10.0 Å². The molecule has 0 spiro atoms. The van der Waals surface area contributed by atoms with Crippen molar-refractivity contribution in [2.75, 3.05) is 13.6 Å². The average Bonchev–Trinajstić information content (AvgIpc) is 2.31. The highest BCUT2D eigenvalue weighted by atomic mass is 35.5. The number of halogens is 3. The van der Waals surface area contributed by atoms with Gasteiger partial charge in [-0.15, -0.1) is 11.6 Å². The second-order valence-electron chi connectivity index (χ2n) is 4.70. The van der Waals surface area contributed by atoms with Gasteiger partial charge in [0.05, 0.1) is 0 Å². The Bertz CT molecular complexity index is 561. The standard InChI is InChI=1S/C12H16ClF2NO2S/c1-8(2)7-16(3)19(17,18)11-5-9(6-13)4-10(14)12(11)15/h4-5,8H,6-7H2,1-3H3. The van der Waals surface area contributed by atoms with E-state index in [-0.39, 0.29) is 23.9 Å². The maximum atomic E-state index is 13.7. The summed E-state index contributed by atoms with van der Waals surface area (Å²) in [6, 6.07) is 1.96. The lowest BCUT2D eigenvalue weighted by molar-refractivity contribution is 0.410. The summed E-state index contributed by atoms with van der Waals surface area (Å²) in [7, 11) is -2.73. The fraction of sp³-hybridized carbons (Fsp3) is 0.500. The highest BCUT2D eigenvalue weighted by Crippen LogP contribution is 2.24. The van der Waals surface area contributed by atoms with E-state index in [1.807, 2.05) is 13.8 Å². The molecule has 0 saturated heterocycles. The van der Waals surface area contributed by atoms with E-state index >= 15 is 0 Å². The van der Waals surface area contributed by atoms with Gasteiger partial charge in [-0.05, 0) is 23.6 Å². The first-order valence-corrected chi connectivity index (χ1v) is 7.67. The second-order valence-corrected chi connectivity index (χ2v) is 6.98. The van der Waals surface area contributed by atoms with Gasteiger partial charge in [-0.2, -0.15) is 0 Å². The predicted molar refractivity (Wildman–Crippen MR) is 70.6 cm³/mol. The normalized spacial score (nSPS) is 12.4. The Morgan fingerprint density at radius 2 is 1.89 bits per heavy atom. The largest absolute Gasteiger partial charge is 0.245 e. The monoisotopic (exact) mass is 311 g/mol. The fourth-order valence-electron chi connectivity index (χ4n) is 1.66. The third-order valence-corrected chi connectivity index (χ3v) is 4.65. The van der Waals surface area contributed by atoms with Crippen molar-refractivity contribution >= 4 is 21.6 Å². The zero-order valence-electron chi connectivity index (χ0n) is 11.0. The number of sulfonamides is 1. The third kappa shape index (κ3) is 3.64. The summed E-state index contributed by atoms with van der Waals surface area (Å²) in [5.74, 6) is -2.60. The molecule has 7 heteroatoms. The van der Waals surface area contributed by atoms with Gasteiger partial charge < -0.3 is 0 Å². The number of benzene rings is 1. The first-order chi connectivity index (χ1) is 8.70. The average molecular weight is 312 g/mol. The van der Waals surface area contributed by atoms with Crippen LogP contribution in [0.25, 0.3) is 0 Å². The Labute approximate surface area is 117 Å². The topological polar surface area (TPSA) is 37.4 Å². The van der Waals surface area contributed by atoms with Crippen molar-refractivity contribution in [3.8, 4) is 0 Å². The molecule has 0 unspecified atom stereocenters. The Kier molecular flexibility index (Phi) is 5.29. The van der Waals surface area contributed by atoms with Gasteiger partial charge >= 0.3 is 0 Å². The van der Waals surface area contributed by atoms with Crippen LogP contribution < -0.4 is 0 Å². The van der Waals surface area contributed by atoms with Crippen molar-refractivity contribution in [2.45, 2.75) is 24.6 Å². The molecule has 3 nitrogen and oxygen atoms in total. The molecule has 0 aliphatic heterocycles. The number of alkyl halides is 1. The molecule has 0 amide bonds. The molecule has 1 aromatic carbocycles. The number of hydrogen-bond acceptors (Lipinski definition) is 2. The van der Waals surface area contributed by atoms with Crippen LogP contribution in [0, 0.1) is 17.6 Å². The summed E-state index contributed by atoms with van der Waals surface area (Å²) in [6.07, 6.45) is 0. The maximum Gasteiger partial charge on any atom is 0.245 e. The Morgan fingerprint density at radius 3 is 2.37 bits per heavy atom. The molecular weight excluding hydrogens is 296 g/mol. The van der Waals surface area contributed by atoms with Gasteiger partial charge in [0.15, 0.2) is 11.6 Å². The second kappa shape index (κ2) is 6.15. The van der Waals surface area contributed by atoms with Crippen LogP contribution in [0.2, 0.25) is 0 Å². The van der Waals surface area contributed by atoms with Gasteiger partial charge in [-0.1, -0.05) is 13.8 Å². The number of rotatable bonds is 5. The van der Waals surface area contributed by atoms with E-state index in [9.17, 15) is 17.2 Å². The first-order valence-electron chi connectivity index (χ1n) is 5.70. The maximum absolute atomic E-state index is 13.7. The van der Waals surface area contributed by atoms with Crippen LogP contribution in [0.1, 0.15) is 19.4 Å². The molecule has 0 fully saturated rings. The van der Waals surface area contributed by atoms with Crippen LogP contribution in [0.15, 0.2) is 17.0 Å². The van der Waals surface area contributed by atoms with Crippen molar-refractivity contribution in [1.82, 2.24) is 4.31 Å². The van der Waals surface area contributed by atoms with Gasteiger partial charge in [0.1, 0.15) is 4.90 Å². The lowest BCUT2D eigenvalue weighted by Crippen LogP contribution is -2.31. The molecule has 0 N–H and O–H groups in total. The predicted octanol–water partition coefficient (Wildman–Crippen LogP) is 2.98. The molecule has 0 heterocycles. The van der Waals surface area contributed by atoms with Crippen molar-refractivity contribution < 1.29 is 17.2 Å². The number of nitrogens with zero attached hydrogens (tertiary/aromatic N) is 1. The minimum atomic E-state index is -4.06. The third-order valence-electron chi connectivity index (χ3n) is 2.52. The summed E-state index contributed by atoms with van der Waals surface area (Å²) in [5.41, 5.74) is 0.220. The van der Waals surface area contributed by atoms with E-state index in [0.29, 0.717) is 0 Å². The van der Waals surface area contributed by atoms with Gasteiger partial charge in [-0.25, -0.2) is 21.5 Å². The van der Waals surface area contributed by atoms with E-state index in [1.165, 1.54) is 7.05 Å². The van der Waals surface area contributed by atoms with Crippen LogP contribution in [-0.4, -0.2) is 26.3 Å². The van der Waals surface area contributed by atoms with Crippen molar-refractivity contribution in [3.05, 3.63) is 29.3 Å². The molecule has 0 aliphatic carbocycles. The van der Waals surface area contributed by atoms with Crippen LogP contribution in [0.5, 0.6) is 0 Å². The minimum absolute atomic E-state index is 0.0730. The molecule has 0 aliphatic rings. The first kappa shape index (κ1) is 16.3. The Hall–Kier alpha value is -0.720. The summed E-state index contributed by atoms with van der Waals surface area (Å²) >= 11 is 5.54. The van der Waals surface area contributed by atoms with E-state index in [1.54, 1.807) is 0 Å². The molecule has 0 bridgehead atoms. The van der Waals surface area contributed by atoms with Crippen molar-refractivity contribution in [2.24, 2.45) is 5.92 Å². The van der Waals surface area contributed by atoms with Crippen molar-refractivity contribution in [1.29, 1.82) is 0 Å². The highest BCUT2D eigenvalue weighted by molar-refractivity contribution is 7.89. The molecule has 0 aromatic heterocycles. The lowest BCUT2D eigenvalue weighted by atomic mass is 10.2. The van der Waals surface area contributed by atoms with E-state index in [4.69, 9.17) is 11.6 Å². The number of hydrogen-bond donors (Lipinski definition) is 0. The smallest absolute Gasteiger partial charge is 0.207 e. The Balaban J connectivity index is 3.32. The van der Waals surface area contributed by atoms with Crippen molar-refractivity contribution in [3.63, 3.8) is 0 Å². The molecule has 0 saturated carbocycles. The van der Waals surface area contributed by atoms with E-state index in [0.717, 1.165) is 16.4 Å². The Morgan fingerprint density at radius 1 is 1.32 bits per heavy atom. The highest BCUT2D eigenvalue weighted by Gasteiger charge is 2.27.